The summed E-state index contributed by atoms with van der Waals surface area (Å²) >= 11 is 3.16. The van der Waals surface area contributed by atoms with Gasteiger partial charge in [0.2, 0.25) is 5.95 Å². The maximum atomic E-state index is 13.5. The van der Waals surface area contributed by atoms with Crippen LogP contribution < -0.4 is 5.32 Å². The third kappa shape index (κ3) is 2.87. The monoisotopic (exact) mass is 337 g/mol. The molecule has 1 aliphatic carbocycles. The van der Waals surface area contributed by atoms with Gasteiger partial charge in [-0.05, 0) is 47.0 Å². The van der Waals surface area contributed by atoms with Gasteiger partial charge in [0.25, 0.3) is 0 Å². The average molecular weight is 338 g/mol. The molecule has 1 N–H and O–H groups in total. The Morgan fingerprint density at radius 1 is 1.25 bits per heavy atom. The number of halogens is 2. The van der Waals surface area contributed by atoms with Gasteiger partial charge in [0.05, 0.1) is 4.47 Å². The van der Waals surface area contributed by atoms with Crippen molar-refractivity contribution in [3.05, 3.63) is 40.9 Å². The summed E-state index contributed by atoms with van der Waals surface area (Å²) in [7, 11) is 0. The van der Waals surface area contributed by atoms with Gasteiger partial charge in [-0.1, -0.05) is 19.3 Å². The number of hydrogen-bond acceptors (Lipinski definition) is 2. The molecule has 1 saturated carbocycles. The highest BCUT2D eigenvalue weighted by Crippen LogP contribution is 2.31. The van der Waals surface area contributed by atoms with Gasteiger partial charge in [-0.2, -0.15) is 0 Å². The number of hydrogen-bond donors (Lipinski definition) is 1. The van der Waals surface area contributed by atoms with E-state index in [1.807, 2.05) is 12.3 Å². The predicted molar refractivity (Wildman–Crippen MR) is 81.7 cm³/mol. The minimum absolute atomic E-state index is 0.272. The molecule has 1 fully saturated rings. The van der Waals surface area contributed by atoms with E-state index in [0.717, 1.165) is 5.95 Å². The van der Waals surface area contributed by atoms with Crippen LogP contribution >= 0.6 is 15.9 Å². The Morgan fingerprint density at radius 3 is 2.80 bits per heavy atom. The fourth-order valence-corrected chi connectivity index (χ4v) is 3.01. The zero-order valence-electron chi connectivity index (χ0n) is 11.1. The normalized spacial score (nSPS) is 16.3. The summed E-state index contributed by atoms with van der Waals surface area (Å²) < 4.78 is 16.2. The first kappa shape index (κ1) is 13.6. The maximum Gasteiger partial charge on any atom is 0.207 e. The number of nitrogens with zero attached hydrogens (tertiary/aromatic N) is 2. The molecule has 5 heteroatoms. The van der Waals surface area contributed by atoms with Crippen LogP contribution in [0.4, 0.5) is 16.0 Å². The van der Waals surface area contributed by atoms with Crippen LogP contribution in [-0.4, -0.2) is 9.55 Å². The smallest absolute Gasteiger partial charge is 0.207 e. The van der Waals surface area contributed by atoms with Gasteiger partial charge in [-0.15, -0.1) is 0 Å². The second kappa shape index (κ2) is 5.95. The van der Waals surface area contributed by atoms with E-state index in [9.17, 15) is 4.39 Å². The van der Waals surface area contributed by atoms with Crippen molar-refractivity contribution in [2.24, 2.45) is 0 Å². The largest absolute Gasteiger partial charge is 0.326 e. The highest BCUT2D eigenvalue weighted by Gasteiger charge is 2.17. The number of imidazole rings is 1. The number of anilines is 2. The molecule has 3 rings (SSSR count). The van der Waals surface area contributed by atoms with Crippen molar-refractivity contribution in [3.63, 3.8) is 0 Å². The SMILES string of the molecule is Fc1cc(Nc2nccn2C2CCCCC2)ccc1Br. The van der Waals surface area contributed by atoms with Gasteiger partial charge < -0.3 is 9.88 Å². The Kier molecular flexibility index (Phi) is 4.05. The van der Waals surface area contributed by atoms with Crippen LogP contribution in [0.1, 0.15) is 38.1 Å². The molecule has 0 spiro atoms. The van der Waals surface area contributed by atoms with Crippen molar-refractivity contribution in [1.82, 2.24) is 9.55 Å². The number of nitrogens with one attached hydrogen (secondary N) is 1. The van der Waals surface area contributed by atoms with Crippen LogP contribution in [0.15, 0.2) is 35.1 Å². The molecular weight excluding hydrogens is 321 g/mol. The molecule has 1 aromatic heterocycles. The van der Waals surface area contributed by atoms with Crippen molar-refractivity contribution in [1.29, 1.82) is 0 Å². The molecule has 20 heavy (non-hydrogen) atoms. The third-order valence-electron chi connectivity index (χ3n) is 3.81. The lowest BCUT2D eigenvalue weighted by Crippen LogP contribution is -2.14. The molecule has 3 nitrogen and oxygen atoms in total. The molecule has 0 amide bonds. The number of aromatic nitrogens is 2. The lowest BCUT2D eigenvalue weighted by atomic mass is 9.95. The molecule has 1 aromatic carbocycles. The summed E-state index contributed by atoms with van der Waals surface area (Å²) in [5.74, 6) is 0.518. The molecule has 2 aromatic rings. The van der Waals surface area contributed by atoms with Gasteiger partial charge in [0.1, 0.15) is 5.82 Å². The van der Waals surface area contributed by atoms with Gasteiger partial charge in [0.15, 0.2) is 0 Å². The molecule has 0 aliphatic heterocycles. The van der Waals surface area contributed by atoms with E-state index in [1.54, 1.807) is 12.3 Å². The van der Waals surface area contributed by atoms with E-state index in [4.69, 9.17) is 0 Å². The first-order chi connectivity index (χ1) is 9.74. The lowest BCUT2D eigenvalue weighted by Gasteiger charge is -2.24. The van der Waals surface area contributed by atoms with Crippen LogP contribution in [0.3, 0.4) is 0 Å². The van der Waals surface area contributed by atoms with E-state index in [-0.39, 0.29) is 5.82 Å². The number of benzene rings is 1. The fourth-order valence-electron chi connectivity index (χ4n) is 2.77. The van der Waals surface area contributed by atoms with E-state index < -0.39 is 0 Å². The maximum absolute atomic E-state index is 13.5. The first-order valence-corrected chi connectivity index (χ1v) is 7.78. The van der Waals surface area contributed by atoms with Crippen molar-refractivity contribution in [2.45, 2.75) is 38.1 Å². The van der Waals surface area contributed by atoms with Crippen LogP contribution in [-0.2, 0) is 0 Å². The zero-order valence-corrected chi connectivity index (χ0v) is 12.7. The summed E-state index contributed by atoms with van der Waals surface area (Å²) in [5.41, 5.74) is 0.717. The zero-order chi connectivity index (χ0) is 13.9. The van der Waals surface area contributed by atoms with E-state index in [1.165, 1.54) is 38.2 Å². The van der Waals surface area contributed by atoms with Crippen molar-refractivity contribution < 1.29 is 4.39 Å². The second-order valence-electron chi connectivity index (χ2n) is 5.20. The molecule has 0 unspecified atom stereocenters. The van der Waals surface area contributed by atoms with Crippen molar-refractivity contribution >= 4 is 27.6 Å². The highest BCUT2D eigenvalue weighted by atomic mass is 79.9. The molecule has 1 aliphatic rings. The standard InChI is InChI=1S/C15H17BrFN3/c16-13-7-6-11(10-14(13)17)19-15-18-8-9-20(15)12-4-2-1-3-5-12/h6-10,12H,1-5H2,(H,18,19). The summed E-state index contributed by atoms with van der Waals surface area (Å²) in [6.45, 7) is 0. The van der Waals surface area contributed by atoms with Crippen LogP contribution in [0.25, 0.3) is 0 Å². The molecule has 106 valence electrons. The Bertz CT molecular complexity index is 591. The predicted octanol–water partition coefficient (Wildman–Crippen LogP) is 5.03. The Hall–Kier alpha value is -1.36. The third-order valence-corrected chi connectivity index (χ3v) is 4.46. The van der Waals surface area contributed by atoms with Crippen molar-refractivity contribution in [2.75, 3.05) is 5.32 Å². The Morgan fingerprint density at radius 2 is 2.05 bits per heavy atom. The molecular formula is C15H17BrFN3. The quantitative estimate of drug-likeness (QED) is 0.850. The fraction of sp³-hybridized carbons (Fsp3) is 0.400. The van der Waals surface area contributed by atoms with Crippen LogP contribution in [0.5, 0.6) is 0 Å². The number of rotatable bonds is 3. The molecule has 0 radical (unpaired) electrons. The average Bonchev–Trinajstić information content (AvgIpc) is 2.92. The highest BCUT2D eigenvalue weighted by molar-refractivity contribution is 9.10. The van der Waals surface area contributed by atoms with Crippen LogP contribution in [0.2, 0.25) is 0 Å². The van der Waals surface area contributed by atoms with Gasteiger partial charge in [-0.25, -0.2) is 9.37 Å². The second-order valence-corrected chi connectivity index (χ2v) is 6.06. The molecule has 0 atom stereocenters. The van der Waals surface area contributed by atoms with Crippen molar-refractivity contribution in [3.8, 4) is 0 Å². The van der Waals surface area contributed by atoms with E-state index in [0.29, 0.717) is 16.2 Å². The topological polar surface area (TPSA) is 29.9 Å². The van der Waals surface area contributed by atoms with Gasteiger partial charge in [-0.3, -0.25) is 0 Å². The minimum Gasteiger partial charge on any atom is -0.326 e. The lowest BCUT2D eigenvalue weighted by molar-refractivity contribution is 0.356. The van der Waals surface area contributed by atoms with Crippen LogP contribution in [0, 0.1) is 5.82 Å². The summed E-state index contributed by atoms with van der Waals surface area (Å²) in [5, 5.41) is 3.21. The Balaban J connectivity index is 1.80. The van der Waals surface area contributed by atoms with Gasteiger partial charge in [0, 0.05) is 24.1 Å². The minimum atomic E-state index is -0.272. The summed E-state index contributed by atoms with van der Waals surface area (Å²) in [6, 6.07) is 5.52. The van der Waals surface area contributed by atoms with E-state index >= 15 is 0 Å². The molecule has 0 saturated heterocycles. The first-order valence-electron chi connectivity index (χ1n) is 6.99. The van der Waals surface area contributed by atoms with Gasteiger partial charge >= 0.3 is 0 Å². The Labute approximate surface area is 126 Å². The summed E-state index contributed by atoms with van der Waals surface area (Å²) in [6.07, 6.45) is 10.1. The molecule has 1 heterocycles. The molecule has 0 bridgehead atoms. The summed E-state index contributed by atoms with van der Waals surface area (Å²) in [4.78, 5) is 4.36. The van der Waals surface area contributed by atoms with E-state index in [2.05, 4.69) is 30.8 Å².